The Labute approximate surface area is 258 Å². The zero-order chi connectivity index (χ0) is 34.2. The number of carboxylic acid groups (broad SMARTS) is 1. The van der Waals surface area contributed by atoms with Crippen LogP contribution in [0.5, 0.6) is 0 Å². The topological polar surface area (TPSA) is 365 Å². The van der Waals surface area contributed by atoms with E-state index in [1.54, 1.807) is 0 Å². The zero-order valence-electron chi connectivity index (χ0n) is 23.7. The van der Waals surface area contributed by atoms with Crippen LogP contribution in [0.25, 0.3) is 0 Å². The number of carbonyl (C=O) groups is 1. The highest BCUT2D eigenvalue weighted by Gasteiger charge is 2.56. The molecule has 268 valence electrons. The number of aliphatic hydroxyl groups is 13. The molecule has 22 nitrogen and oxygen atoms in total. The van der Waals surface area contributed by atoms with Crippen molar-refractivity contribution < 1.29 is 109 Å². The van der Waals surface area contributed by atoms with E-state index in [4.69, 9.17) is 33.2 Å². The molecule has 0 aromatic carbocycles. The molecule has 0 radical (unpaired) electrons. The van der Waals surface area contributed by atoms with Gasteiger partial charge in [-0.3, -0.25) is 0 Å². The fourth-order valence-corrected chi connectivity index (χ4v) is 5.49. The molecule has 46 heavy (non-hydrogen) atoms. The van der Waals surface area contributed by atoms with Crippen molar-refractivity contribution >= 4 is 5.97 Å². The van der Waals surface area contributed by atoms with E-state index in [1.807, 2.05) is 0 Å². The van der Waals surface area contributed by atoms with Crippen LogP contribution in [0, 0.1) is 0 Å². The first-order chi connectivity index (χ1) is 21.7. The molecule has 0 amide bonds. The lowest BCUT2D eigenvalue weighted by Crippen LogP contribution is -2.68. The maximum absolute atomic E-state index is 11.8. The van der Waals surface area contributed by atoms with Crippen molar-refractivity contribution in [2.75, 3.05) is 19.8 Å². The summed E-state index contributed by atoms with van der Waals surface area (Å²) in [5, 5.41) is 143. The molecule has 4 aliphatic heterocycles. The Morgan fingerprint density at radius 3 is 1.46 bits per heavy atom. The lowest BCUT2D eigenvalue weighted by atomic mass is 9.95. The highest BCUT2D eigenvalue weighted by atomic mass is 16.8. The maximum atomic E-state index is 11.8. The molecule has 0 aliphatic carbocycles. The number of hydrogen-bond donors (Lipinski definition) is 14. The average molecular weight is 681 g/mol. The average Bonchev–Trinajstić information content (AvgIpc) is 3.02. The maximum Gasteiger partial charge on any atom is 0.335 e. The highest BCUT2D eigenvalue weighted by Crippen LogP contribution is 2.34. The molecule has 4 heterocycles. The van der Waals surface area contributed by atoms with Gasteiger partial charge in [-0.15, -0.1) is 0 Å². The minimum Gasteiger partial charge on any atom is -0.479 e. The van der Waals surface area contributed by atoms with E-state index in [9.17, 15) is 76.3 Å². The zero-order valence-corrected chi connectivity index (χ0v) is 23.7. The van der Waals surface area contributed by atoms with Crippen molar-refractivity contribution in [3.63, 3.8) is 0 Å². The molecule has 4 fully saturated rings. The molecular formula is C24H40O22. The predicted octanol–water partition coefficient (Wildman–Crippen LogP) is -9.66. The van der Waals surface area contributed by atoms with Crippen LogP contribution >= 0.6 is 0 Å². The molecule has 4 saturated heterocycles. The first-order valence-electron chi connectivity index (χ1n) is 14.1. The summed E-state index contributed by atoms with van der Waals surface area (Å²) in [5.41, 5.74) is 0. The summed E-state index contributed by atoms with van der Waals surface area (Å²) >= 11 is 0. The van der Waals surface area contributed by atoms with E-state index in [0.717, 1.165) is 0 Å². The van der Waals surface area contributed by atoms with Gasteiger partial charge in [0, 0.05) is 0 Å². The Morgan fingerprint density at radius 1 is 0.457 bits per heavy atom. The number of hydrogen-bond acceptors (Lipinski definition) is 21. The lowest BCUT2D eigenvalue weighted by molar-refractivity contribution is -0.393. The molecule has 1 unspecified atom stereocenters. The summed E-state index contributed by atoms with van der Waals surface area (Å²) in [4.78, 5) is 11.8. The van der Waals surface area contributed by atoms with E-state index >= 15 is 0 Å². The molecule has 22 heteroatoms. The smallest absolute Gasteiger partial charge is 0.335 e. The number of aliphatic carboxylic acids is 1. The normalized spacial score (nSPS) is 51.9. The third-order valence-electron chi connectivity index (χ3n) is 8.17. The van der Waals surface area contributed by atoms with Crippen LogP contribution in [0.2, 0.25) is 0 Å². The van der Waals surface area contributed by atoms with Crippen molar-refractivity contribution in [2.45, 2.75) is 123 Å². The number of carboxylic acids is 1. The summed E-state index contributed by atoms with van der Waals surface area (Å²) in [7, 11) is 0. The Hall–Kier alpha value is -1.33. The molecule has 14 N–H and O–H groups in total. The van der Waals surface area contributed by atoms with E-state index in [2.05, 4.69) is 0 Å². The van der Waals surface area contributed by atoms with Crippen LogP contribution in [0.4, 0.5) is 0 Å². The van der Waals surface area contributed by atoms with Gasteiger partial charge in [0.1, 0.15) is 91.6 Å². The highest BCUT2D eigenvalue weighted by molar-refractivity contribution is 5.73. The summed E-state index contributed by atoms with van der Waals surface area (Å²) in [5.74, 6) is -1.81. The van der Waals surface area contributed by atoms with E-state index in [1.165, 1.54) is 0 Å². The van der Waals surface area contributed by atoms with Crippen LogP contribution in [0.3, 0.4) is 0 Å². The minimum atomic E-state index is -2.23. The van der Waals surface area contributed by atoms with E-state index in [-0.39, 0.29) is 0 Å². The van der Waals surface area contributed by atoms with Gasteiger partial charge in [0.2, 0.25) is 0 Å². The van der Waals surface area contributed by atoms with Crippen LogP contribution < -0.4 is 0 Å². The van der Waals surface area contributed by atoms with Gasteiger partial charge in [-0.2, -0.15) is 0 Å². The second-order valence-electron chi connectivity index (χ2n) is 11.2. The fraction of sp³-hybridized carbons (Fsp3) is 0.958. The largest absolute Gasteiger partial charge is 0.479 e. The summed E-state index contributed by atoms with van der Waals surface area (Å²) in [6.07, 6.45) is -39.0. The second kappa shape index (κ2) is 15.5. The van der Waals surface area contributed by atoms with Crippen LogP contribution in [-0.2, 0) is 38.0 Å². The second-order valence-corrected chi connectivity index (χ2v) is 11.2. The minimum absolute atomic E-state index is 0.837. The van der Waals surface area contributed by atoms with Gasteiger partial charge in [0.15, 0.2) is 31.3 Å². The quantitative estimate of drug-likeness (QED) is 0.102. The first kappa shape index (κ1) is 37.5. The van der Waals surface area contributed by atoms with Gasteiger partial charge < -0.3 is 105 Å². The van der Waals surface area contributed by atoms with Gasteiger partial charge in [-0.1, -0.05) is 0 Å². The van der Waals surface area contributed by atoms with E-state index < -0.39 is 149 Å². The molecule has 4 aliphatic rings. The van der Waals surface area contributed by atoms with Crippen LogP contribution in [-0.4, -0.2) is 220 Å². The predicted molar refractivity (Wildman–Crippen MR) is 134 cm³/mol. The van der Waals surface area contributed by atoms with E-state index in [0.29, 0.717) is 0 Å². The van der Waals surface area contributed by atoms with Crippen LogP contribution in [0.1, 0.15) is 0 Å². The number of rotatable bonds is 10. The molecule has 20 atom stereocenters. The van der Waals surface area contributed by atoms with Crippen molar-refractivity contribution in [2.24, 2.45) is 0 Å². The van der Waals surface area contributed by atoms with Gasteiger partial charge >= 0.3 is 5.97 Å². The SMILES string of the molecule is O=C(O)[C@H]1O[C@H](O[C@@H]2[C@H](O)[C@@H](O[C@H]3[C@H](O)[C@@H](CO)OC(O)[C@@H]3O)O[C@H](CO)[C@H]2O)[C@H](O[C@H]2O[C@H](CO)[C@@H](O)[C@H](O)[C@H]2O)[C@@H](O)[C@@H]1O. The molecule has 0 bridgehead atoms. The van der Waals surface area contributed by atoms with Crippen molar-refractivity contribution in [3.8, 4) is 0 Å². The molecular weight excluding hydrogens is 640 g/mol. The monoisotopic (exact) mass is 680 g/mol. The van der Waals surface area contributed by atoms with Crippen molar-refractivity contribution in [3.05, 3.63) is 0 Å². The Balaban J connectivity index is 1.60. The van der Waals surface area contributed by atoms with Crippen molar-refractivity contribution in [1.82, 2.24) is 0 Å². The summed E-state index contributed by atoms with van der Waals surface area (Å²) in [6, 6.07) is 0. The Kier molecular flexibility index (Phi) is 12.6. The van der Waals surface area contributed by atoms with Gasteiger partial charge in [-0.25, -0.2) is 4.79 Å². The van der Waals surface area contributed by atoms with Gasteiger partial charge in [0.25, 0.3) is 0 Å². The molecule has 4 rings (SSSR count). The molecule has 0 aromatic rings. The third-order valence-corrected chi connectivity index (χ3v) is 8.17. The standard InChI is InChI=1S/C24H40O22/c25-1-4-7(28)10(31)13(34)22(41-4)46-19-12(33)11(32)18(20(37)38)45-24(19)44-17-9(30)6(3-27)42-23(15(17)36)43-16-8(29)5(2-26)40-21(39)14(16)35/h4-19,21-36,39H,1-3H2,(H,37,38)/t4-,5-,6-,7-,8-,9-,10+,11+,12+,13-,14-,15+,16+,17+,18+,19-,21?,22-,23-,24+/m1/s1. The lowest BCUT2D eigenvalue weighted by Gasteiger charge is -2.49. The Bertz CT molecular complexity index is 990. The molecule has 0 aromatic heterocycles. The number of ether oxygens (including phenoxy) is 7. The summed E-state index contributed by atoms with van der Waals surface area (Å²) in [6.45, 7) is -2.69. The Morgan fingerprint density at radius 2 is 0.913 bits per heavy atom. The molecule has 0 spiro atoms. The third kappa shape index (κ3) is 7.31. The molecule has 0 saturated carbocycles. The van der Waals surface area contributed by atoms with Crippen molar-refractivity contribution in [1.29, 1.82) is 0 Å². The van der Waals surface area contributed by atoms with Gasteiger partial charge in [-0.05, 0) is 0 Å². The first-order valence-corrected chi connectivity index (χ1v) is 14.1. The fourth-order valence-electron chi connectivity index (χ4n) is 5.49. The summed E-state index contributed by atoms with van der Waals surface area (Å²) < 4.78 is 37.3. The van der Waals surface area contributed by atoms with Crippen LogP contribution in [0.15, 0.2) is 0 Å². The van der Waals surface area contributed by atoms with Gasteiger partial charge in [0.05, 0.1) is 19.8 Å². The number of aliphatic hydroxyl groups excluding tert-OH is 13.